The van der Waals surface area contributed by atoms with Gasteiger partial charge in [-0.1, -0.05) is 13.8 Å². The summed E-state index contributed by atoms with van der Waals surface area (Å²) in [6.07, 6.45) is 8.58. The molecule has 3 nitrogen and oxygen atoms in total. The van der Waals surface area contributed by atoms with E-state index in [1.165, 1.54) is 97.4 Å². The second kappa shape index (κ2) is 7.63. The van der Waals surface area contributed by atoms with E-state index in [2.05, 4.69) is 28.5 Å². The molecule has 0 atom stereocenters. The highest BCUT2D eigenvalue weighted by molar-refractivity contribution is 4.97. The number of hydrogen-bond acceptors (Lipinski definition) is 3. The van der Waals surface area contributed by atoms with E-state index in [4.69, 9.17) is 0 Å². The normalized spacial score (nSPS) is 28.1. The van der Waals surface area contributed by atoms with Crippen LogP contribution < -0.4 is 0 Å². The summed E-state index contributed by atoms with van der Waals surface area (Å²) >= 11 is 0. The third kappa shape index (κ3) is 4.04. The van der Waals surface area contributed by atoms with E-state index in [9.17, 15) is 0 Å². The van der Waals surface area contributed by atoms with Crippen LogP contribution in [0.25, 0.3) is 0 Å². The lowest BCUT2D eigenvalue weighted by Gasteiger charge is -2.54. The summed E-state index contributed by atoms with van der Waals surface area (Å²) in [4.78, 5) is 8.04. The first-order valence-electron chi connectivity index (χ1n) is 9.90. The Morgan fingerprint density at radius 1 is 0.818 bits per heavy atom. The van der Waals surface area contributed by atoms with E-state index < -0.39 is 0 Å². The zero-order valence-corrected chi connectivity index (χ0v) is 15.0. The Balaban J connectivity index is 1.30. The molecule has 3 aliphatic heterocycles. The molecule has 0 aliphatic carbocycles. The van der Waals surface area contributed by atoms with Gasteiger partial charge >= 0.3 is 0 Å². The fourth-order valence-electron chi connectivity index (χ4n) is 4.87. The predicted molar refractivity (Wildman–Crippen MR) is 94.3 cm³/mol. The molecule has 3 fully saturated rings. The van der Waals surface area contributed by atoms with Crippen LogP contribution in [0.1, 0.15) is 52.4 Å². The summed E-state index contributed by atoms with van der Waals surface area (Å²) in [6.45, 7) is 16.7. The largest absolute Gasteiger partial charge is 0.303 e. The van der Waals surface area contributed by atoms with Gasteiger partial charge in [-0.25, -0.2) is 0 Å². The summed E-state index contributed by atoms with van der Waals surface area (Å²) in [6, 6.07) is 0. The molecule has 0 amide bonds. The molecule has 3 heteroatoms. The van der Waals surface area contributed by atoms with Crippen molar-refractivity contribution >= 4 is 0 Å². The van der Waals surface area contributed by atoms with Gasteiger partial charge in [0.2, 0.25) is 0 Å². The number of piperidine rings is 2. The molecule has 3 heterocycles. The van der Waals surface area contributed by atoms with Crippen LogP contribution in [0, 0.1) is 11.3 Å². The van der Waals surface area contributed by atoms with Crippen LogP contribution in [-0.4, -0.2) is 73.6 Å². The highest BCUT2D eigenvalue weighted by Crippen LogP contribution is 2.40. The maximum absolute atomic E-state index is 2.76. The number of nitrogens with zero attached hydrogens (tertiary/aromatic N) is 3. The van der Waals surface area contributed by atoms with Gasteiger partial charge in [0.1, 0.15) is 0 Å². The van der Waals surface area contributed by atoms with Crippen LogP contribution in [0.15, 0.2) is 0 Å². The standard InChI is InChI=1S/C19H37N3/c1-3-10-21-11-5-18(6-12-21)7-13-22-14-8-19(9-15-22)16-20(4-2)17-19/h18H,3-17H2,1-2H3. The molecular formula is C19H37N3. The van der Waals surface area contributed by atoms with Gasteiger partial charge in [0.15, 0.2) is 0 Å². The van der Waals surface area contributed by atoms with Gasteiger partial charge in [-0.15, -0.1) is 0 Å². The van der Waals surface area contributed by atoms with E-state index in [1.54, 1.807) is 0 Å². The summed E-state index contributed by atoms with van der Waals surface area (Å²) < 4.78 is 0. The maximum Gasteiger partial charge on any atom is 0.00513 e. The average molecular weight is 308 g/mol. The van der Waals surface area contributed by atoms with Crippen LogP contribution >= 0.6 is 0 Å². The minimum atomic E-state index is 0.720. The minimum Gasteiger partial charge on any atom is -0.303 e. The quantitative estimate of drug-likeness (QED) is 0.747. The zero-order valence-electron chi connectivity index (χ0n) is 15.0. The van der Waals surface area contributed by atoms with E-state index in [0.717, 1.165) is 11.3 Å². The van der Waals surface area contributed by atoms with E-state index in [1.807, 2.05) is 0 Å². The molecule has 0 aromatic rings. The monoisotopic (exact) mass is 307 g/mol. The lowest BCUT2D eigenvalue weighted by Crippen LogP contribution is -2.60. The molecule has 0 radical (unpaired) electrons. The van der Waals surface area contributed by atoms with E-state index in [0.29, 0.717) is 0 Å². The van der Waals surface area contributed by atoms with Crippen molar-refractivity contribution in [1.29, 1.82) is 0 Å². The van der Waals surface area contributed by atoms with Gasteiger partial charge in [0.25, 0.3) is 0 Å². The molecule has 128 valence electrons. The van der Waals surface area contributed by atoms with Crippen molar-refractivity contribution in [1.82, 2.24) is 14.7 Å². The highest BCUT2D eigenvalue weighted by Gasteiger charge is 2.43. The van der Waals surface area contributed by atoms with Gasteiger partial charge < -0.3 is 14.7 Å². The fourth-order valence-corrected chi connectivity index (χ4v) is 4.87. The van der Waals surface area contributed by atoms with Crippen molar-refractivity contribution in [2.24, 2.45) is 11.3 Å². The third-order valence-corrected chi connectivity index (χ3v) is 6.58. The van der Waals surface area contributed by atoms with Crippen LogP contribution in [0.4, 0.5) is 0 Å². The number of hydrogen-bond donors (Lipinski definition) is 0. The van der Waals surface area contributed by atoms with Gasteiger partial charge in [-0.05, 0) is 95.7 Å². The Morgan fingerprint density at radius 2 is 1.45 bits per heavy atom. The average Bonchev–Trinajstić information content (AvgIpc) is 2.53. The molecule has 3 saturated heterocycles. The molecular weight excluding hydrogens is 270 g/mol. The van der Waals surface area contributed by atoms with Crippen molar-refractivity contribution < 1.29 is 0 Å². The lowest BCUT2D eigenvalue weighted by molar-refractivity contribution is -0.0442. The van der Waals surface area contributed by atoms with Crippen molar-refractivity contribution in [3.8, 4) is 0 Å². The second-order valence-electron chi connectivity index (χ2n) is 8.22. The predicted octanol–water partition coefficient (Wildman–Crippen LogP) is 2.92. The van der Waals surface area contributed by atoms with Crippen molar-refractivity contribution in [3.05, 3.63) is 0 Å². The third-order valence-electron chi connectivity index (χ3n) is 6.58. The minimum absolute atomic E-state index is 0.720. The topological polar surface area (TPSA) is 9.72 Å². The SMILES string of the molecule is CCCN1CCC(CCN2CCC3(CC2)CN(CC)C3)CC1. The Bertz CT molecular complexity index is 320. The molecule has 0 aromatic carbocycles. The number of rotatable bonds is 6. The molecule has 0 bridgehead atoms. The fraction of sp³-hybridized carbons (Fsp3) is 1.00. The highest BCUT2D eigenvalue weighted by atomic mass is 15.2. The molecule has 3 aliphatic rings. The Kier molecular flexibility index (Phi) is 5.80. The Morgan fingerprint density at radius 3 is 2.05 bits per heavy atom. The first kappa shape index (κ1) is 16.7. The second-order valence-corrected chi connectivity index (χ2v) is 8.22. The van der Waals surface area contributed by atoms with Crippen LogP contribution in [0.2, 0.25) is 0 Å². The molecule has 0 saturated carbocycles. The van der Waals surface area contributed by atoms with E-state index >= 15 is 0 Å². The first-order chi connectivity index (χ1) is 10.7. The first-order valence-corrected chi connectivity index (χ1v) is 9.90. The van der Waals surface area contributed by atoms with Gasteiger partial charge in [0, 0.05) is 13.1 Å². The van der Waals surface area contributed by atoms with Crippen molar-refractivity contribution in [2.75, 3.05) is 58.9 Å². The van der Waals surface area contributed by atoms with Crippen molar-refractivity contribution in [2.45, 2.75) is 52.4 Å². The smallest absolute Gasteiger partial charge is 0.00513 e. The summed E-state index contributed by atoms with van der Waals surface area (Å²) in [5.74, 6) is 1.00. The molecule has 1 spiro atoms. The molecule has 0 N–H and O–H groups in total. The van der Waals surface area contributed by atoms with Crippen molar-refractivity contribution in [3.63, 3.8) is 0 Å². The lowest BCUT2D eigenvalue weighted by atomic mass is 9.72. The molecule has 3 rings (SSSR count). The summed E-state index contributed by atoms with van der Waals surface area (Å²) in [7, 11) is 0. The molecule has 22 heavy (non-hydrogen) atoms. The van der Waals surface area contributed by atoms with Crippen LogP contribution in [-0.2, 0) is 0 Å². The van der Waals surface area contributed by atoms with Gasteiger partial charge in [-0.2, -0.15) is 0 Å². The Labute approximate surface area is 138 Å². The van der Waals surface area contributed by atoms with Gasteiger partial charge in [-0.3, -0.25) is 0 Å². The Hall–Kier alpha value is -0.120. The van der Waals surface area contributed by atoms with Gasteiger partial charge in [0.05, 0.1) is 0 Å². The summed E-state index contributed by atoms with van der Waals surface area (Å²) in [5.41, 5.74) is 0.720. The molecule has 0 aromatic heterocycles. The zero-order chi connectivity index (χ0) is 15.4. The summed E-state index contributed by atoms with van der Waals surface area (Å²) in [5, 5.41) is 0. The molecule has 0 unspecified atom stereocenters. The van der Waals surface area contributed by atoms with Crippen LogP contribution in [0.5, 0.6) is 0 Å². The maximum atomic E-state index is 2.76. The van der Waals surface area contributed by atoms with E-state index in [-0.39, 0.29) is 0 Å². The van der Waals surface area contributed by atoms with Crippen LogP contribution in [0.3, 0.4) is 0 Å². The number of likely N-dealkylation sites (tertiary alicyclic amines) is 3.